The molecule has 0 aliphatic carbocycles. The molecule has 7 heteroatoms. The lowest BCUT2D eigenvalue weighted by atomic mass is 10.3. The lowest BCUT2D eigenvalue weighted by Gasteiger charge is -2.15. The summed E-state index contributed by atoms with van der Waals surface area (Å²) >= 11 is 11.1. The van der Waals surface area contributed by atoms with Crippen LogP contribution in [-0.4, -0.2) is 14.8 Å². The van der Waals surface area contributed by atoms with Gasteiger partial charge in [0.1, 0.15) is 11.6 Å². The van der Waals surface area contributed by atoms with Crippen molar-refractivity contribution in [2.45, 2.75) is 19.6 Å². The van der Waals surface area contributed by atoms with Crippen LogP contribution in [0.3, 0.4) is 0 Å². The number of allylic oxidation sites excluding steroid dienone is 1. The van der Waals surface area contributed by atoms with Gasteiger partial charge in [0.05, 0.1) is 5.02 Å². The third kappa shape index (κ3) is 3.08. The summed E-state index contributed by atoms with van der Waals surface area (Å²) in [7, 11) is 0. The van der Waals surface area contributed by atoms with Crippen molar-refractivity contribution in [1.29, 1.82) is 0 Å². The minimum Gasteiger partial charge on any atom is -0.481 e. The van der Waals surface area contributed by atoms with Crippen molar-refractivity contribution in [1.82, 2.24) is 14.8 Å². The van der Waals surface area contributed by atoms with Crippen LogP contribution in [-0.2, 0) is 6.54 Å². The predicted octanol–water partition coefficient (Wildman–Crippen LogP) is 4.06. The molecule has 1 atom stereocenters. The molecule has 0 amide bonds. The van der Waals surface area contributed by atoms with Gasteiger partial charge in [-0.1, -0.05) is 17.7 Å². The Labute approximate surface area is 125 Å². The molecule has 0 unspecified atom stereocenters. The molecule has 0 aliphatic rings. The first-order valence-electron chi connectivity index (χ1n) is 5.90. The fraction of sp³-hybridized carbons (Fsp3) is 0.231. The second-order valence-corrected chi connectivity index (χ2v) is 4.91. The predicted molar refractivity (Wildman–Crippen MR) is 78.1 cm³/mol. The fourth-order valence-electron chi connectivity index (χ4n) is 1.76. The lowest BCUT2D eigenvalue weighted by molar-refractivity contribution is 0.211. The average Bonchev–Trinajstić information content (AvgIpc) is 2.75. The number of nitrogens with one attached hydrogen (secondary N) is 1. The first-order valence-corrected chi connectivity index (χ1v) is 6.69. The maximum Gasteiger partial charge on any atom is 0.195 e. The molecule has 0 saturated carbocycles. The highest BCUT2D eigenvalue weighted by Crippen LogP contribution is 2.29. The Morgan fingerprint density at radius 3 is 3.05 bits per heavy atom. The van der Waals surface area contributed by atoms with Crippen molar-refractivity contribution in [3.8, 4) is 5.75 Å². The van der Waals surface area contributed by atoms with Crippen LogP contribution in [0, 0.1) is 10.6 Å². The summed E-state index contributed by atoms with van der Waals surface area (Å²) < 4.78 is 20.9. The first-order chi connectivity index (χ1) is 9.52. The fourth-order valence-corrected chi connectivity index (χ4v) is 2.19. The number of hydrogen-bond acceptors (Lipinski definition) is 3. The molecule has 0 saturated heterocycles. The van der Waals surface area contributed by atoms with Gasteiger partial charge >= 0.3 is 0 Å². The third-order valence-electron chi connectivity index (χ3n) is 2.66. The van der Waals surface area contributed by atoms with Crippen LogP contribution in [0.5, 0.6) is 5.75 Å². The number of hydrogen-bond donors (Lipinski definition) is 1. The van der Waals surface area contributed by atoms with Crippen molar-refractivity contribution >= 4 is 23.8 Å². The van der Waals surface area contributed by atoms with Crippen LogP contribution in [0.15, 0.2) is 30.9 Å². The Morgan fingerprint density at radius 1 is 1.65 bits per heavy atom. The zero-order chi connectivity index (χ0) is 14.7. The van der Waals surface area contributed by atoms with Gasteiger partial charge in [-0.2, -0.15) is 5.10 Å². The summed E-state index contributed by atoms with van der Waals surface area (Å²) in [6.07, 6.45) is 1.32. The monoisotopic (exact) mass is 313 g/mol. The molecule has 1 aromatic heterocycles. The molecule has 0 bridgehead atoms. The Bertz CT molecular complexity index is 682. The molecular weight excluding hydrogens is 301 g/mol. The highest BCUT2D eigenvalue weighted by molar-refractivity contribution is 7.71. The molecule has 1 N–H and O–H groups in total. The molecule has 2 rings (SSSR count). The lowest BCUT2D eigenvalue weighted by Crippen LogP contribution is -2.12. The minimum atomic E-state index is -0.413. The van der Waals surface area contributed by atoms with Crippen molar-refractivity contribution in [2.75, 3.05) is 0 Å². The number of rotatable bonds is 5. The van der Waals surface area contributed by atoms with Crippen molar-refractivity contribution in [3.05, 3.63) is 52.3 Å². The third-order valence-corrected chi connectivity index (χ3v) is 3.27. The van der Waals surface area contributed by atoms with E-state index in [0.29, 0.717) is 22.9 Å². The minimum absolute atomic E-state index is 0.209. The highest BCUT2D eigenvalue weighted by atomic mass is 35.5. The topological polar surface area (TPSA) is 42.8 Å². The van der Waals surface area contributed by atoms with Crippen molar-refractivity contribution in [3.63, 3.8) is 0 Å². The smallest absolute Gasteiger partial charge is 0.195 e. The van der Waals surface area contributed by atoms with E-state index in [-0.39, 0.29) is 5.02 Å². The first kappa shape index (κ1) is 14.7. The molecule has 0 aliphatic heterocycles. The van der Waals surface area contributed by atoms with Gasteiger partial charge in [0, 0.05) is 6.54 Å². The van der Waals surface area contributed by atoms with Crippen LogP contribution in [0.4, 0.5) is 4.39 Å². The SMILES string of the molecule is C=CCn1c([C@@H](C)Oc2ccc(F)cc2Cl)n[nH]c1=S. The van der Waals surface area contributed by atoms with Crippen LogP contribution in [0.25, 0.3) is 0 Å². The van der Waals surface area contributed by atoms with Gasteiger partial charge in [-0.15, -0.1) is 6.58 Å². The number of aromatic amines is 1. The quantitative estimate of drug-likeness (QED) is 0.668. The molecule has 4 nitrogen and oxygen atoms in total. The van der Waals surface area contributed by atoms with Gasteiger partial charge in [-0.25, -0.2) is 4.39 Å². The van der Waals surface area contributed by atoms with E-state index in [1.807, 2.05) is 6.92 Å². The largest absolute Gasteiger partial charge is 0.481 e. The molecule has 0 spiro atoms. The zero-order valence-corrected chi connectivity index (χ0v) is 12.3. The standard InChI is InChI=1S/C13H13ClFN3OS/c1-3-6-18-12(16-17-13(18)20)8(2)19-11-5-4-9(15)7-10(11)14/h3-5,7-8H,1,6H2,2H3,(H,17,20)/t8-/m1/s1. The van der Waals surface area contributed by atoms with Crippen LogP contribution < -0.4 is 4.74 Å². The molecule has 20 heavy (non-hydrogen) atoms. The van der Waals surface area contributed by atoms with E-state index in [0.717, 1.165) is 0 Å². The molecular formula is C13H13ClFN3OS. The van der Waals surface area contributed by atoms with E-state index < -0.39 is 11.9 Å². The van der Waals surface area contributed by atoms with Gasteiger partial charge in [0.25, 0.3) is 0 Å². The molecule has 106 valence electrons. The van der Waals surface area contributed by atoms with E-state index >= 15 is 0 Å². The summed E-state index contributed by atoms with van der Waals surface area (Å²) in [5.74, 6) is 0.597. The van der Waals surface area contributed by atoms with Gasteiger partial charge in [-0.3, -0.25) is 9.67 Å². The van der Waals surface area contributed by atoms with Gasteiger partial charge < -0.3 is 4.74 Å². The van der Waals surface area contributed by atoms with Crippen molar-refractivity contribution < 1.29 is 9.13 Å². The zero-order valence-electron chi connectivity index (χ0n) is 10.8. The summed E-state index contributed by atoms with van der Waals surface area (Å²) in [4.78, 5) is 0. The normalized spacial score (nSPS) is 12.2. The summed E-state index contributed by atoms with van der Waals surface area (Å²) in [6.45, 7) is 6.01. The number of halogens is 2. The van der Waals surface area contributed by atoms with E-state index in [4.69, 9.17) is 28.6 Å². The number of ether oxygens (including phenoxy) is 1. The average molecular weight is 314 g/mol. The molecule has 1 heterocycles. The summed E-state index contributed by atoms with van der Waals surface area (Å²) in [6, 6.07) is 3.96. The van der Waals surface area contributed by atoms with Gasteiger partial charge in [-0.05, 0) is 37.3 Å². The Hall–Kier alpha value is -1.66. The van der Waals surface area contributed by atoms with Gasteiger partial charge in [0.2, 0.25) is 0 Å². The van der Waals surface area contributed by atoms with Gasteiger partial charge in [0.15, 0.2) is 16.7 Å². The highest BCUT2D eigenvalue weighted by Gasteiger charge is 2.16. The Balaban J connectivity index is 2.26. The molecule has 0 fully saturated rings. The maximum atomic E-state index is 13.0. The molecule has 2 aromatic rings. The van der Waals surface area contributed by atoms with E-state index in [1.165, 1.54) is 18.2 Å². The summed E-state index contributed by atoms with van der Waals surface area (Å²) in [5.41, 5.74) is 0. The van der Waals surface area contributed by atoms with Crippen LogP contribution in [0.2, 0.25) is 5.02 Å². The Morgan fingerprint density at radius 2 is 2.40 bits per heavy atom. The number of H-pyrrole nitrogens is 1. The van der Waals surface area contributed by atoms with E-state index in [2.05, 4.69) is 16.8 Å². The number of aromatic nitrogens is 3. The van der Waals surface area contributed by atoms with Crippen LogP contribution in [0.1, 0.15) is 18.9 Å². The Kier molecular flexibility index (Phi) is 4.57. The summed E-state index contributed by atoms with van der Waals surface area (Å²) in [5, 5.41) is 7.05. The van der Waals surface area contributed by atoms with E-state index in [9.17, 15) is 4.39 Å². The van der Waals surface area contributed by atoms with Crippen molar-refractivity contribution in [2.24, 2.45) is 0 Å². The second kappa shape index (κ2) is 6.19. The van der Waals surface area contributed by atoms with E-state index in [1.54, 1.807) is 10.6 Å². The maximum absolute atomic E-state index is 13.0. The molecule has 0 radical (unpaired) electrons. The number of nitrogens with zero attached hydrogens (tertiary/aromatic N) is 2. The number of benzene rings is 1. The molecule has 1 aromatic carbocycles. The van der Waals surface area contributed by atoms with Crippen LogP contribution >= 0.6 is 23.8 Å². The second-order valence-electron chi connectivity index (χ2n) is 4.12.